The molecule has 1 aliphatic carbocycles. The molecule has 1 N–H and O–H groups in total. The fraction of sp³-hybridized carbons (Fsp3) is 0.353. The molecule has 0 unspecified atom stereocenters. The first-order chi connectivity index (χ1) is 21.6. The van der Waals surface area contributed by atoms with Crippen LogP contribution in [0, 0.1) is 5.82 Å². The number of sulfonamides is 1. The van der Waals surface area contributed by atoms with E-state index in [1.165, 1.54) is 42.5 Å². The van der Waals surface area contributed by atoms with E-state index in [0.29, 0.717) is 54.0 Å². The number of hydrogen-bond acceptors (Lipinski definition) is 7. The molecule has 5 rings (SSSR count). The van der Waals surface area contributed by atoms with E-state index in [0.717, 1.165) is 30.2 Å². The third-order valence-electron chi connectivity index (χ3n) is 7.71. The first kappa shape index (κ1) is 32.3. The summed E-state index contributed by atoms with van der Waals surface area (Å²) in [6, 6.07) is 16.5. The number of furan rings is 1. The van der Waals surface area contributed by atoms with Crippen molar-refractivity contribution in [2.45, 2.75) is 38.7 Å². The van der Waals surface area contributed by atoms with Crippen LogP contribution < -0.4 is 9.62 Å². The minimum absolute atomic E-state index is 0.000169. The molecule has 1 saturated carbocycles. The number of halogens is 1. The van der Waals surface area contributed by atoms with Gasteiger partial charge in [0.2, 0.25) is 10.0 Å². The number of carbonyl (C=O) groups is 2. The Kier molecular flexibility index (Phi) is 10.0. The fourth-order valence-electron chi connectivity index (χ4n) is 5.35. The van der Waals surface area contributed by atoms with E-state index in [1.807, 2.05) is 24.3 Å². The number of Topliss-reactive ketones (excluding diaryl/α,β-unsaturated/α-hetero) is 1. The maximum Gasteiger partial charge on any atom is 0.255 e. The van der Waals surface area contributed by atoms with Gasteiger partial charge in [0.25, 0.3) is 5.91 Å². The number of ketones is 1. The van der Waals surface area contributed by atoms with Gasteiger partial charge >= 0.3 is 0 Å². The number of anilines is 1. The van der Waals surface area contributed by atoms with E-state index in [4.69, 9.17) is 13.9 Å². The minimum Gasteiger partial charge on any atom is -0.455 e. The Morgan fingerprint density at radius 1 is 1.02 bits per heavy atom. The molecule has 0 spiro atoms. The topological polar surface area (TPSA) is 115 Å². The molecule has 1 fully saturated rings. The van der Waals surface area contributed by atoms with Gasteiger partial charge in [-0.05, 0) is 79.6 Å². The largest absolute Gasteiger partial charge is 0.455 e. The lowest BCUT2D eigenvalue weighted by Gasteiger charge is -2.26. The Labute approximate surface area is 262 Å². The number of amides is 1. The number of nitrogens with zero attached hydrogens (tertiary/aromatic N) is 1. The number of carbonyl (C=O) groups excluding carboxylic acids is 2. The van der Waals surface area contributed by atoms with Crippen LogP contribution in [0.2, 0.25) is 0 Å². The first-order valence-corrected chi connectivity index (χ1v) is 16.7. The predicted octanol–water partition coefficient (Wildman–Crippen LogP) is 6.07. The van der Waals surface area contributed by atoms with Gasteiger partial charge in [-0.1, -0.05) is 24.3 Å². The summed E-state index contributed by atoms with van der Waals surface area (Å²) in [5.74, 6) is -0.483. The van der Waals surface area contributed by atoms with Crippen LogP contribution in [0.5, 0.6) is 0 Å². The van der Waals surface area contributed by atoms with Gasteiger partial charge in [0.15, 0.2) is 5.78 Å². The Morgan fingerprint density at radius 2 is 1.76 bits per heavy atom. The molecule has 238 valence electrons. The quantitative estimate of drug-likeness (QED) is 0.124. The van der Waals surface area contributed by atoms with Crippen LogP contribution in [0.4, 0.5) is 10.1 Å². The van der Waals surface area contributed by atoms with Crippen molar-refractivity contribution in [1.29, 1.82) is 0 Å². The van der Waals surface area contributed by atoms with Gasteiger partial charge in [0, 0.05) is 31.4 Å². The van der Waals surface area contributed by atoms with Crippen LogP contribution in [0.15, 0.2) is 65.1 Å². The first-order valence-electron chi connectivity index (χ1n) is 14.9. The number of rotatable bonds is 15. The van der Waals surface area contributed by atoms with E-state index >= 15 is 0 Å². The average molecular weight is 637 g/mol. The molecule has 0 saturated heterocycles. The van der Waals surface area contributed by atoms with E-state index in [2.05, 4.69) is 5.32 Å². The van der Waals surface area contributed by atoms with Gasteiger partial charge in [0.05, 0.1) is 42.7 Å². The maximum absolute atomic E-state index is 13.7. The Bertz CT molecular complexity index is 1800. The standard InChI is InChI=1S/C34H37FN2O7S/c1-22(38)26-7-4-6-23(20-26)21-43-18-5-17-42-19-16-37(45(3,40)41)32-28(24-8-9-24)14-15-29-30(32)31(34(39)36-2)33(44-29)25-10-12-27(35)13-11-25/h4,6-7,10-15,20,24H,5,8-9,16-19,21H2,1-3H3,(H,36,39). The summed E-state index contributed by atoms with van der Waals surface area (Å²) in [5.41, 5.74) is 3.82. The summed E-state index contributed by atoms with van der Waals surface area (Å²) in [4.78, 5) is 24.9. The highest BCUT2D eigenvalue weighted by Gasteiger charge is 2.35. The highest BCUT2D eigenvalue weighted by molar-refractivity contribution is 7.92. The minimum atomic E-state index is -3.81. The van der Waals surface area contributed by atoms with Crippen molar-refractivity contribution in [3.05, 3.63) is 88.7 Å². The Morgan fingerprint density at radius 3 is 2.42 bits per heavy atom. The maximum atomic E-state index is 13.7. The van der Waals surface area contributed by atoms with Crippen molar-refractivity contribution in [1.82, 2.24) is 5.32 Å². The average Bonchev–Trinajstić information content (AvgIpc) is 3.79. The van der Waals surface area contributed by atoms with Crippen LogP contribution in [-0.4, -0.2) is 59.8 Å². The zero-order valence-corrected chi connectivity index (χ0v) is 26.4. The lowest BCUT2D eigenvalue weighted by atomic mass is 9.99. The predicted molar refractivity (Wildman–Crippen MR) is 171 cm³/mol. The van der Waals surface area contributed by atoms with E-state index < -0.39 is 21.7 Å². The number of benzene rings is 3. The lowest BCUT2D eigenvalue weighted by Crippen LogP contribution is -2.34. The third-order valence-corrected chi connectivity index (χ3v) is 8.87. The van der Waals surface area contributed by atoms with Gasteiger partial charge in [-0.2, -0.15) is 0 Å². The van der Waals surface area contributed by atoms with Crippen molar-refractivity contribution in [2.75, 3.05) is 44.0 Å². The number of hydrogen-bond donors (Lipinski definition) is 1. The van der Waals surface area contributed by atoms with Gasteiger partial charge in [-0.15, -0.1) is 0 Å². The van der Waals surface area contributed by atoms with Crippen LogP contribution in [0.3, 0.4) is 0 Å². The molecule has 3 aromatic carbocycles. The highest BCUT2D eigenvalue weighted by atomic mass is 32.2. The monoisotopic (exact) mass is 636 g/mol. The number of nitrogens with one attached hydrogen (secondary N) is 1. The number of ether oxygens (including phenoxy) is 2. The number of fused-ring (bicyclic) bond motifs is 1. The van der Waals surface area contributed by atoms with Crippen molar-refractivity contribution in [2.24, 2.45) is 0 Å². The molecule has 1 heterocycles. The van der Waals surface area contributed by atoms with Crippen LogP contribution >= 0.6 is 0 Å². The normalized spacial score (nSPS) is 13.2. The molecular formula is C34H37FN2O7S. The van der Waals surface area contributed by atoms with E-state index in [9.17, 15) is 22.4 Å². The van der Waals surface area contributed by atoms with Crippen LogP contribution in [0.25, 0.3) is 22.3 Å². The fourth-order valence-corrected chi connectivity index (χ4v) is 6.29. The van der Waals surface area contributed by atoms with Gasteiger partial charge in [-0.3, -0.25) is 13.9 Å². The second-order valence-electron chi connectivity index (χ2n) is 11.2. The van der Waals surface area contributed by atoms with Gasteiger partial charge in [-0.25, -0.2) is 12.8 Å². The summed E-state index contributed by atoms with van der Waals surface area (Å²) in [5, 5.41) is 3.05. The Balaban J connectivity index is 1.34. The lowest BCUT2D eigenvalue weighted by molar-refractivity contribution is 0.0785. The van der Waals surface area contributed by atoms with Crippen LogP contribution in [-0.2, 0) is 26.1 Å². The second-order valence-corrected chi connectivity index (χ2v) is 13.1. The summed E-state index contributed by atoms with van der Waals surface area (Å²) < 4.78 is 59.3. The molecule has 0 atom stereocenters. The second kappa shape index (κ2) is 13.9. The molecule has 1 aliphatic rings. The molecule has 0 bridgehead atoms. The zero-order valence-electron chi connectivity index (χ0n) is 25.6. The smallest absolute Gasteiger partial charge is 0.255 e. The van der Waals surface area contributed by atoms with E-state index in [-0.39, 0.29) is 36.2 Å². The van der Waals surface area contributed by atoms with Gasteiger partial charge in [0.1, 0.15) is 17.2 Å². The van der Waals surface area contributed by atoms with Crippen molar-refractivity contribution >= 4 is 38.4 Å². The van der Waals surface area contributed by atoms with Gasteiger partial charge < -0.3 is 19.2 Å². The van der Waals surface area contributed by atoms with E-state index in [1.54, 1.807) is 12.1 Å². The SMILES string of the molecule is CNC(=O)c1c(-c2ccc(F)cc2)oc2ccc(C3CC3)c(N(CCOCCCOCc3cccc(C(C)=O)c3)S(C)(=O)=O)c12. The molecule has 4 aromatic rings. The summed E-state index contributed by atoms with van der Waals surface area (Å²) in [6.45, 7) is 2.83. The summed E-state index contributed by atoms with van der Waals surface area (Å²) >= 11 is 0. The molecule has 0 aliphatic heterocycles. The molecule has 1 aromatic heterocycles. The third kappa shape index (κ3) is 7.61. The molecule has 9 nitrogen and oxygen atoms in total. The van der Waals surface area contributed by atoms with Crippen molar-refractivity contribution in [3.8, 4) is 11.3 Å². The summed E-state index contributed by atoms with van der Waals surface area (Å²) in [7, 11) is -2.31. The molecule has 0 radical (unpaired) electrons. The van der Waals surface area contributed by atoms with Crippen LogP contribution in [0.1, 0.15) is 63.9 Å². The van der Waals surface area contributed by atoms with Crippen molar-refractivity contribution in [3.63, 3.8) is 0 Å². The molecule has 11 heteroatoms. The zero-order chi connectivity index (χ0) is 32.1. The molecular weight excluding hydrogens is 599 g/mol. The molecule has 1 amide bonds. The Hall–Kier alpha value is -4.06. The highest BCUT2D eigenvalue weighted by Crippen LogP contribution is 2.49. The molecule has 45 heavy (non-hydrogen) atoms. The summed E-state index contributed by atoms with van der Waals surface area (Å²) in [6.07, 6.45) is 3.54. The van der Waals surface area contributed by atoms with Crippen molar-refractivity contribution < 1.29 is 36.3 Å².